The first-order valence-corrected chi connectivity index (χ1v) is 5.22. The summed E-state index contributed by atoms with van der Waals surface area (Å²) in [5.41, 5.74) is 5.52. The highest BCUT2D eigenvalue weighted by molar-refractivity contribution is 5.42. The Hall–Kier alpha value is -1.40. The van der Waals surface area contributed by atoms with E-state index in [-0.39, 0.29) is 0 Å². The zero-order valence-electron chi connectivity index (χ0n) is 9.81. The van der Waals surface area contributed by atoms with Crippen LogP contribution in [0.4, 0.5) is 11.6 Å². The number of nitrogen functional groups attached to an aromatic ring is 1. The highest BCUT2D eigenvalue weighted by atomic mass is 16.5. The minimum atomic E-state index is 0.464. The standard InChI is InChI=1S/C10H19N5O/c1-15(2)4-6-16-5-3-12-10-7-9(11)13-8-14-10/h7-8H,3-6H2,1-2H3,(H3,11,12,13,14). The quantitative estimate of drug-likeness (QED) is 0.639. The van der Waals surface area contributed by atoms with E-state index in [2.05, 4.69) is 20.2 Å². The van der Waals surface area contributed by atoms with Crippen molar-refractivity contribution in [3.05, 3.63) is 12.4 Å². The number of nitrogens with one attached hydrogen (secondary N) is 1. The summed E-state index contributed by atoms with van der Waals surface area (Å²) in [6, 6.07) is 1.69. The van der Waals surface area contributed by atoms with Gasteiger partial charge in [0.25, 0.3) is 0 Å². The van der Waals surface area contributed by atoms with Crippen LogP contribution in [0.2, 0.25) is 0 Å². The Morgan fingerprint density at radius 3 is 2.88 bits per heavy atom. The zero-order valence-corrected chi connectivity index (χ0v) is 9.81. The fourth-order valence-corrected chi connectivity index (χ4v) is 1.07. The molecular formula is C10H19N5O. The van der Waals surface area contributed by atoms with Gasteiger partial charge < -0.3 is 20.7 Å². The van der Waals surface area contributed by atoms with E-state index in [1.165, 1.54) is 6.33 Å². The van der Waals surface area contributed by atoms with Gasteiger partial charge in [-0.1, -0.05) is 0 Å². The van der Waals surface area contributed by atoms with Gasteiger partial charge in [-0.15, -0.1) is 0 Å². The van der Waals surface area contributed by atoms with Crippen LogP contribution in [0.5, 0.6) is 0 Å². The van der Waals surface area contributed by atoms with E-state index >= 15 is 0 Å². The van der Waals surface area contributed by atoms with Crippen molar-refractivity contribution in [2.45, 2.75) is 0 Å². The Bertz CT molecular complexity index is 305. The second kappa shape index (κ2) is 6.97. The maximum absolute atomic E-state index is 5.52. The monoisotopic (exact) mass is 225 g/mol. The summed E-state index contributed by atoms with van der Waals surface area (Å²) in [7, 11) is 4.04. The van der Waals surface area contributed by atoms with Crippen LogP contribution >= 0.6 is 0 Å². The third-order valence-corrected chi connectivity index (χ3v) is 1.92. The topological polar surface area (TPSA) is 76.3 Å². The fraction of sp³-hybridized carbons (Fsp3) is 0.600. The highest BCUT2D eigenvalue weighted by Gasteiger charge is 1.95. The van der Waals surface area contributed by atoms with Crippen LogP contribution in [0.15, 0.2) is 12.4 Å². The van der Waals surface area contributed by atoms with Gasteiger partial charge in [0, 0.05) is 19.2 Å². The molecule has 0 unspecified atom stereocenters. The molecule has 0 bridgehead atoms. The fourth-order valence-electron chi connectivity index (χ4n) is 1.07. The van der Waals surface area contributed by atoms with Gasteiger partial charge in [0.1, 0.15) is 18.0 Å². The molecule has 0 amide bonds. The Morgan fingerprint density at radius 2 is 2.19 bits per heavy atom. The second-order valence-corrected chi connectivity index (χ2v) is 3.67. The van der Waals surface area contributed by atoms with Gasteiger partial charge in [-0.3, -0.25) is 0 Å². The van der Waals surface area contributed by atoms with E-state index in [9.17, 15) is 0 Å². The maximum Gasteiger partial charge on any atom is 0.131 e. The first kappa shape index (κ1) is 12.7. The van der Waals surface area contributed by atoms with E-state index < -0.39 is 0 Å². The number of rotatable bonds is 7. The summed E-state index contributed by atoms with van der Waals surface area (Å²) in [6.07, 6.45) is 1.44. The SMILES string of the molecule is CN(C)CCOCCNc1cc(N)ncn1. The molecule has 6 nitrogen and oxygen atoms in total. The Balaban J connectivity index is 2.07. The number of nitrogens with two attached hydrogens (primary N) is 1. The Morgan fingerprint density at radius 1 is 1.38 bits per heavy atom. The van der Waals surface area contributed by atoms with Crippen molar-refractivity contribution in [1.29, 1.82) is 0 Å². The molecule has 90 valence electrons. The number of hydrogen-bond donors (Lipinski definition) is 2. The number of hydrogen-bond acceptors (Lipinski definition) is 6. The average molecular weight is 225 g/mol. The molecule has 1 aromatic rings. The van der Waals surface area contributed by atoms with Crippen LogP contribution < -0.4 is 11.1 Å². The van der Waals surface area contributed by atoms with Gasteiger partial charge in [0.05, 0.1) is 13.2 Å². The molecule has 0 saturated heterocycles. The van der Waals surface area contributed by atoms with E-state index in [1.807, 2.05) is 14.1 Å². The Labute approximate surface area is 95.8 Å². The molecule has 1 rings (SSSR count). The molecule has 0 aliphatic rings. The summed E-state index contributed by atoms with van der Waals surface area (Å²) >= 11 is 0. The molecule has 0 radical (unpaired) electrons. The summed E-state index contributed by atoms with van der Waals surface area (Å²) in [5, 5.41) is 3.10. The zero-order chi connectivity index (χ0) is 11.8. The average Bonchev–Trinajstić information content (AvgIpc) is 2.23. The van der Waals surface area contributed by atoms with Crippen LogP contribution in [-0.4, -0.2) is 55.3 Å². The van der Waals surface area contributed by atoms with Crippen molar-refractivity contribution in [1.82, 2.24) is 14.9 Å². The molecule has 0 atom stereocenters. The maximum atomic E-state index is 5.52. The highest BCUT2D eigenvalue weighted by Crippen LogP contribution is 2.03. The summed E-state index contributed by atoms with van der Waals surface area (Å²) in [6.45, 7) is 3.03. The second-order valence-electron chi connectivity index (χ2n) is 3.67. The molecule has 1 heterocycles. The van der Waals surface area contributed by atoms with Crippen LogP contribution in [0.25, 0.3) is 0 Å². The molecule has 0 spiro atoms. The third kappa shape index (κ3) is 5.47. The van der Waals surface area contributed by atoms with Gasteiger partial charge in [-0.25, -0.2) is 9.97 Å². The molecule has 0 aromatic carbocycles. The molecule has 0 aliphatic carbocycles. The van der Waals surface area contributed by atoms with Crippen molar-refractivity contribution >= 4 is 11.6 Å². The van der Waals surface area contributed by atoms with Crippen LogP contribution in [-0.2, 0) is 4.74 Å². The predicted octanol–water partition coefficient (Wildman–Crippen LogP) is 0.0489. The first-order valence-electron chi connectivity index (χ1n) is 5.22. The number of likely N-dealkylation sites (N-methyl/N-ethyl adjacent to an activating group) is 1. The number of aromatic nitrogens is 2. The van der Waals surface area contributed by atoms with E-state index in [4.69, 9.17) is 10.5 Å². The first-order chi connectivity index (χ1) is 7.68. The van der Waals surface area contributed by atoms with Crippen molar-refractivity contribution in [3.63, 3.8) is 0 Å². The summed E-state index contributed by atoms with van der Waals surface area (Å²) in [4.78, 5) is 9.91. The molecule has 0 aliphatic heterocycles. The minimum absolute atomic E-state index is 0.464. The number of nitrogens with zero attached hydrogens (tertiary/aromatic N) is 3. The van der Waals surface area contributed by atoms with Crippen molar-refractivity contribution in [2.24, 2.45) is 0 Å². The number of anilines is 2. The summed E-state index contributed by atoms with van der Waals surface area (Å²) in [5.74, 6) is 1.19. The lowest BCUT2D eigenvalue weighted by Crippen LogP contribution is -2.20. The molecule has 0 saturated carbocycles. The van der Waals surface area contributed by atoms with Gasteiger partial charge in [0.2, 0.25) is 0 Å². The molecule has 6 heteroatoms. The van der Waals surface area contributed by atoms with Gasteiger partial charge >= 0.3 is 0 Å². The van der Waals surface area contributed by atoms with Gasteiger partial charge in [-0.2, -0.15) is 0 Å². The third-order valence-electron chi connectivity index (χ3n) is 1.92. The van der Waals surface area contributed by atoms with E-state index in [0.29, 0.717) is 19.0 Å². The van der Waals surface area contributed by atoms with Gasteiger partial charge in [-0.05, 0) is 14.1 Å². The molecule has 3 N–H and O–H groups in total. The lowest BCUT2D eigenvalue weighted by Gasteiger charge is -2.10. The van der Waals surface area contributed by atoms with Crippen LogP contribution in [0, 0.1) is 0 Å². The smallest absolute Gasteiger partial charge is 0.131 e. The normalized spacial score (nSPS) is 10.7. The number of ether oxygens (including phenoxy) is 1. The lowest BCUT2D eigenvalue weighted by molar-refractivity contribution is 0.126. The van der Waals surface area contributed by atoms with Gasteiger partial charge in [0.15, 0.2) is 0 Å². The molecule has 1 aromatic heterocycles. The molecule has 0 fully saturated rings. The van der Waals surface area contributed by atoms with Crippen molar-refractivity contribution < 1.29 is 4.74 Å². The Kier molecular flexibility index (Phi) is 5.52. The van der Waals surface area contributed by atoms with Crippen LogP contribution in [0.1, 0.15) is 0 Å². The molecule has 16 heavy (non-hydrogen) atoms. The van der Waals surface area contributed by atoms with Crippen molar-refractivity contribution in [2.75, 3.05) is 51.4 Å². The summed E-state index contributed by atoms with van der Waals surface area (Å²) < 4.78 is 5.42. The largest absolute Gasteiger partial charge is 0.384 e. The van der Waals surface area contributed by atoms with Crippen molar-refractivity contribution in [3.8, 4) is 0 Å². The van der Waals surface area contributed by atoms with Crippen LogP contribution in [0.3, 0.4) is 0 Å². The lowest BCUT2D eigenvalue weighted by atomic mass is 10.5. The predicted molar refractivity (Wildman–Crippen MR) is 64.3 cm³/mol. The molecular weight excluding hydrogens is 206 g/mol. The van der Waals surface area contributed by atoms with E-state index in [0.717, 1.165) is 19.0 Å². The minimum Gasteiger partial charge on any atom is -0.384 e. The van der Waals surface area contributed by atoms with E-state index in [1.54, 1.807) is 6.07 Å².